The van der Waals surface area contributed by atoms with Crippen molar-refractivity contribution >= 4 is 29.4 Å². The van der Waals surface area contributed by atoms with Gasteiger partial charge in [0, 0.05) is 62.1 Å². The van der Waals surface area contributed by atoms with Crippen LogP contribution in [0.25, 0.3) is 11.3 Å². The number of esters is 1. The number of imidazole rings is 1. The van der Waals surface area contributed by atoms with Crippen LogP contribution in [0.5, 0.6) is 0 Å². The summed E-state index contributed by atoms with van der Waals surface area (Å²) in [7, 11) is 5.10. The van der Waals surface area contributed by atoms with Gasteiger partial charge in [0.05, 0.1) is 41.9 Å². The highest BCUT2D eigenvalue weighted by Gasteiger charge is 2.60. The SMILES string of the molecule is CC[C@H]1OC(=O)[C@H](C)C(=O)[C@H](C)[C@@H](O[C@@H]2O[C@H](C)C[C@H](N(C)C)C2=O)[C@](C)(OC)C[C@@H](C)C(=O)[C@H](C)[C@H]2N(CCCCn3cnc(-c4cccnc4)c3)C(=O)O[C@]12C. The molecule has 0 aliphatic carbocycles. The van der Waals surface area contributed by atoms with Gasteiger partial charge in [0.1, 0.15) is 17.8 Å². The predicted molar refractivity (Wildman–Crippen MR) is 213 cm³/mol. The van der Waals surface area contributed by atoms with E-state index in [1.807, 2.05) is 55.7 Å². The number of unbranched alkanes of at least 4 members (excludes halogenated alkanes) is 1. The molecule has 0 spiro atoms. The highest BCUT2D eigenvalue weighted by Crippen LogP contribution is 2.43. The molecule has 5 rings (SSSR count). The standard InChI is InChI=1S/C43H63N5O10/c1-12-33-43(8)37(48(41(53)58-43)19-14-13-18-47-23-31(45-24-47)30-16-15-17-44-22-30)27(4)34(49)25(2)21-42(7,54-11)38(28(5)35(50)29(6)39(52)56-33)57-40-36(51)32(46(9)10)20-26(3)55-40/h15-17,22-29,32-33,37-38,40H,12-14,18-21H2,1-11H3/t25-,26-,27+,28+,29-,32+,33-,37-,38-,40+,42-,43-/m1/s1. The molecule has 15 nitrogen and oxygen atoms in total. The van der Waals surface area contributed by atoms with Crippen LogP contribution in [0.3, 0.4) is 0 Å². The van der Waals surface area contributed by atoms with Gasteiger partial charge in [0.15, 0.2) is 11.4 Å². The number of carbonyl (C=O) groups excluding carboxylic acids is 5. The van der Waals surface area contributed by atoms with Crippen molar-refractivity contribution in [1.29, 1.82) is 0 Å². The fourth-order valence-electron chi connectivity index (χ4n) is 9.25. The maximum Gasteiger partial charge on any atom is 0.410 e. The minimum atomic E-state index is -1.41. The minimum Gasteiger partial charge on any atom is -0.458 e. The lowest BCUT2D eigenvalue weighted by Crippen LogP contribution is -2.59. The molecule has 12 atom stereocenters. The zero-order valence-corrected chi connectivity index (χ0v) is 36.0. The lowest BCUT2D eigenvalue weighted by molar-refractivity contribution is -0.249. The second-order valence-electron chi connectivity index (χ2n) is 17.1. The molecule has 0 bridgehead atoms. The Labute approximate surface area is 342 Å². The summed E-state index contributed by atoms with van der Waals surface area (Å²) in [6.07, 6.45) is 5.00. The van der Waals surface area contributed by atoms with Gasteiger partial charge in [-0.15, -0.1) is 0 Å². The number of methoxy groups -OCH3 is 1. The number of amides is 1. The van der Waals surface area contributed by atoms with E-state index in [2.05, 4.69) is 9.97 Å². The second kappa shape index (κ2) is 18.5. The molecular weight excluding hydrogens is 746 g/mol. The Morgan fingerprint density at radius 2 is 1.67 bits per heavy atom. The molecule has 0 aromatic carbocycles. The topological polar surface area (TPSA) is 169 Å². The van der Waals surface area contributed by atoms with Gasteiger partial charge < -0.3 is 33.2 Å². The van der Waals surface area contributed by atoms with Gasteiger partial charge in [-0.2, -0.15) is 0 Å². The molecule has 0 unspecified atom stereocenters. The number of aryl methyl sites for hydroxylation is 1. The number of ketones is 3. The molecule has 2 aromatic rings. The summed E-state index contributed by atoms with van der Waals surface area (Å²) in [4.78, 5) is 82.6. The number of hydrogen-bond acceptors (Lipinski definition) is 13. The summed E-state index contributed by atoms with van der Waals surface area (Å²) in [5, 5.41) is 0. The first kappa shape index (κ1) is 45.0. The highest BCUT2D eigenvalue weighted by molar-refractivity contribution is 6.00. The van der Waals surface area contributed by atoms with Crippen LogP contribution in [-0.2, 0) is 49.4 Å². The Morgan fingerprint density at radius 1 is 0.966 bits per heavy atom. The number of ether oxygens (including phenoxy) is 5. The van der Waals surface area contributed by atoms with Crippen molar-refractivity contribution in [2.24, 2.45) is 23.7 Å². The summed E-state index contributed by atoms with van der Waals surface area (Å²) in [6.45, 7) is 14.8. The number of aromatic nitrogens is 3. The van der Waals surface area contributed by atoms with E-state index in [-0.39, 0.29) is 30.5 Å². The summed E-state index contributed by atoms with van der Waals surface area (Å²) < 4.78 is 33.0. The van der Waals surface area contributed by atoms with E-state index in [0.29, 0.717) is 32.4 Å². The lowest BCUT2D eigenvalue weighted by Gasteiger charge is -2.45. The van der Waals surface area contributed by atoms with E-state index in [4.69, 9.17) is 23.7 Å². The number of Topliss-reactive ketones (excluding diaryl/α,β-unsaturated/α-hetero) is 3. The number of likely N-dealkylation sites (N-methyl/N-ethyl adjacent to an activating group) is 1. The molecule has 2 aromatic heterocycles. The van der Waals surface area contributed by atoms with Crippen molar-refractivity contribution in [3.05, 3.63) is 37.1 Å². The highest BCUT2D eigenvalue weighted by atomic mass is 16.7. The van der Waals surface area contributed by atoms with Crippen molar-refractivity contribution in [3.63, 3.8) is 0 Å². The Hall–Kier alpha value is -4.05. The van der Waals surface area contributed by atoms with Gasteiger partial charge in [-0.3, -0.25) is 29.1 Å². The largest absolute Gasteiger partial charge is 0.458 e. The van der Waals surface area contributed by atoms with Crippen LogP contribution in [0.1, 0.15) is 87.5 Å². The van der Waals surface area contributed by atoms with E-state index in [1.165, 1.54) is 14.0 Å². The van der Waals surface area contributed by atoms with Crippen LogP contribution in [-0.4, -0.2) is 129 Å². The molecule has 0 saturated carbocycles. The third-order valence-electron chi connectivity index (χ3n) is 12.6. The number of carbonyl (C=O) groups is 5. The molecule has 3 fully saturated rings. The number of hydrogen-bond donors (Lipinski definition) is 0. The van der Waals surface area contributed by atoms with Gasteiger partial charge in [-0.25, -0.2) is 9.78 Å². The van der Waals surface area contributed by atoms with Crippen LogP contribution in [0, 0.1) is 23.7 Å². The van der Waals surface area contributed by atoms with Gasteiger partial charge in [-0.1, -0.05) is 27.7 Å². The molecule has 3 saturated heterocycles. The third kappa shape index (κ3) is 9.22. The first-order chi connectivity index (χ1) is 27.4. The van der Waals surface area contributed by atoms with Crippen molar-refractivity contribution in [2.75, 3.05) is 27.7 Å². The second-order valence-corrected chi connectivity index (χ2v) is 17.1. The van der Waals surface area contributed by atoms with E-state index in [1.54, 1.807) is 58.2 Å². The van der Waals surface area contributed by atoms with E-state index >= 15 is 0 Å². The number of pyridine rings is 1. The Morgan fingerprint density at radius 3 is 2.31 bits per heavy atom. The summed E-state index contributed by atoms with van der Waals surface area (Å²) in [5.41, 5.74) is -0.996. The third-order valence-corrected chi connectivity index (χ3v) is 12.6. The van der Waals surface area contributed by atoms with Gasteiger partial charge in [-0.05, 0) is 86.0 Å². The fourth-order valence-corrected chi connectivity index (χ4v) is 9.25. The Balaban J connectivity index is 1.44. The Kier molecular flexibility index (Phi) is 14.3. The average molecular weight is 810 g/mol. The maximum atomic E-state index is 14.7. The smallest absolute Gasteiger partial charge is 0.410 e. The first-order valence-corrected chi connectivity index (χ1v) is 20.6. The van der Waals surface area contributed by atoms with Crippen molar-refractivity contribution in [1.82, 2.24) is 24.3 Å². The molecule has 5 heterocycles. The average Bonchev–Trinajstić information content (AvgIpc) is 3.78. The monoisotopic (exact) mass is 809 g/mol. The lowest BCUT2D eigenvalue weighted by atomic mass is 9.73. The zero-order valence-electron chi connectivity index (χ0n) is 36.0. The fraction of sp³-hybridized carbons (Fsp3) is 0.698. The number of fused-ring (bicyclic) bond motifs is 1. The van der Waals surface area contributed by atoms with E-state index in [9.17, 15) is 24.0 Å². The number of rotatable bonds is 11. The minimum absolute atomic E-state index is 0.0999. The zero-order chi connectivity index (χ0) is 42.7. The van der Waals surface area contributed by atoms with Crippen molar-refractivity contribution in [3.8, 4) is 11.3 Å². The van der Waals surface area contributed by atoms with E-state index < -0.39 is 83.3 Å². The molecule has 3 aliphatic rings. The first-order valence-electron chi connectivity index (χ1n) is 20.6. The van der Waals surface area contributed by atoms with Crippen molar-refractivity contribution < 1.29 is 47.7 Å². The van der Waals surface area contributed by atoms with Gasteiger partial charge in [0.25, 0.3) is 0 Å². The maximum absolute atomic E-state index is 14.7. The molecule has 15 heteroatoms. The van der Waals surface area contributed by atoms with Crippen LogP contribution in [0.15, 0.2) is 37.1 Å². The molecule has 1 amide bonds. The normalized spacial score (nSPS) is 35.4. The number of cyclic esters (lactones) is 1. The van der Waals surface area contributed by atoms with Crippen LogP contribution < -0.4 is 0 Å². The summed E-state index contributed by atoms with van der Waals surface area (Å²) in [6, 6.07) is 2.53. The van der Waals surface area contributed by atoms with E-state index in [0.717, 1.165) is 11.3 Å². The van der Waals surface area contributed by atoms with Crippen LogP contribution in [0.2, 0.25) is 0 Å². The molecule has 0 radical (unpaired) electrons. The quantitative estimate of drug-likeness (QED) is 0.166. The van der Waals surface area contributed by atoms with Crippen LogP contribution in [0.4, 0.5) is 4.79 Å². The summed E-state index contributed by atoms with van der Waals surface area (Å²) >= 11 is 0. The molecule has 320 valence electrons. The molecule has 58 heavy (non-hydrogen) atoms. The predicted octanol–water partition coefficient (Wildman–Crippen LogP) is 5.14. The summed E-state index contributed by atoms with van der Waals surface area (Å²) in [5.74, 6) is -5.41. The van der Waals surface area contributed by atoms with Crippen LogP contribution >= 0.6 is 0 Å². The number of nitrogens with zero attached hydrogens (tertiary/aromatic N) is 5. The van der Waals surface area contributed by atoms with Gasteiger partial charge >= 0.3 is 12.1 Å². The Bertz CT molecular complexity index is 1790. The molecule has 0 N–H and O–H groups in total. The molecule has 3 aliphatic heterocycles. The van der Waals surface area contributed by atoms with Gasteiger partial charge in [0.2, 0.25) is 12.1 Å². The molecular formula is C43H63N5O10. The van der Waals surface area contributed by atoms with Crippen molar-refractivity contribution in [2.45, 2.75) is 142 Å².